The Morgan fingerprint density at radius 2 is 1.89 bits per heavy atom. The second-order valence-electron chi connectivity index (χ2n) is 7.04. The maximum atomic E-state index is 13.2. The molecule has 7 heteroatoms. The van der Waals surface area contributed by atoms with Gasteiger partial charge in [0.05, 0.1) is 16.2 Å². The van der Waals surface area contributed by atoms with E-state index in [0.29, 0.717) is 33.0 Å². The molecule has 1 heterocycles. The van der Waals surface area contributed by atoms with E-state index in [1.165, 1.54) is 12.3 Å². The highest BCUT2D eigenvalue weighted by Crippen LogP contribution is 2.41. The lowest BCUT2D eigenvalue weighted by Crippen LogP contribution is -2.09. The first-order chi connectivity index (χ1) is 13.4. The third kappa shape index (κ3) is 3.62. The summed E-state index contributed by atoms with van der Waals surface area (Å²) >= 11 is 6.32. The van der Waals surface area contributed by atoms with Crippen LogP contribution in [0.25, 0.3) is 0 Å². The van der Waals surface area contributed by atoms with Crippen molar-refractivity contribution >= 4 is 27.2 Å². The van der Waals surface area contributed by atoms with Crippen molar-refractivity contribution in [3.8, 4) is 0 Å². The summed E-state index contributed by atoms with van der Waals surface area (Å²) < 4.78 is 29.4. The van der Waals surface area contributed by atoms with Crippen molar-refractivity contribution in [2.45, 2.75) is 30.1 Å². The van der Waals surface area contributed by atoms with Crippen molar-refractivity contribution in [3.63, 3.8) is 0 Å². The molecule has 0 aliphatic heterocycles. The van der Waals surface area contributed by atoms with E-state index < -0.39 is 9.84 Å². The fourth-order valence-electron chi connectivity index (χ4n) is 3.36. The number of sulfone groups is 1. The Bertz CT molecular complexity index is 1160. The summed E-state index contributed by atoms with van der Waals surface area (Å²) in [6.07, 6.45) is 4.79. The van der Waals surface area contributed by atoms with Crippen molar-refractivity contribution in [2.24, 2.45) is 0 Å². The van der Waals surface area contributed by atoms with Crippen LogP contribution in [-0.2, 0) is 16.3 Å². The molecule has 28 heavy (non-hydrogen) atoms. The number of aromatic nitrogens is 1. The van der Waals surface area contributed by atoms with Crippen molar-refractivity contribution in [1.29, 1.82) is 0 Å². The third-order valence-corrected chi connectivity index (χ3v) is 6.45. The summed E-state index contributed by atoms with van der Waals surface area (Å²) in [7, 11) is -3.46. The van der Waals surface area contributed by atoms with Gasteiger partial charge in [0.25, 0.3) is 0 Å². The van der Waals surface area contributed by atoms with E-state index in [-0.39, 0.29) is 23.0 Å². The molecule has 0 atom stereocenters. The van der Waals surface area contributed by atoms with Crippen molar-refractivity contribution in [2.75, 3.05) is 6.26 Å². The lowest BCUT2D eigenvalue weighted by atomic mass is 9.94. The Labute approximate surface area is 168 Å². The van der Waals surface area contributed by atoms with E-state index in [2.05, 4.69) is 5.16 Å². The predicted molar refractivity (Wildman–Crippen MR) is 106 cm³/mol. The van der Waals surface area contributed by atoms with Crippen LogP contribution in [-0.4, -0.2) is 25.6 Å². The molecule has 0 radical (unpaired) electrons. The molecule has 144 valence electrons. The Morgan fingerprint density at radius 3 is 2.61 bits per heavy atom. The van der Waals surface area contributed by atoms with Crippen LogP contribution in [0.15, 0.2) is 58.1 Å². The molecule has 2 aromatic carbocycles. The highest BCUT2D eigenvalue weighted by Gasteiger charge is 2.32. The molecule has 0 bridgehead atoms. The summed E-state index contributed by atoms with van der Waals surface area (Å²) in [4.78, 5) is 13.4. The van der Waals surface area contributed by atoms with Crippen LogP contribution >= 0.6 is 11.6 Å². The van der Waals surface area contributed by atoms with E-state index in [9.17, 15) is 13.2 Å². The maximum absolute atomic E-state index is 13.2. The fourth-order valence-corrected chi connectivity index (χ4v) is 4.61. The van der Waals surface area contributed by atoms with E-state index in [1.54, 1.807) is 24.3 Å². The first-order valence-electron chi connectivity index (χ1n) is 8.90. The van der Waals surface area contributed by atoms with Crippen molar-refractivity contribution in [3.05, 3.63) is 81.7 Å². The minimum absolute atomic E-state index is 0.172. The second-order valence-corrected chi connectivity index (χ2v) is 9.43. The number of rotatable bonds is 6. The van der Waals surface area contributed by atoms with E-state index in [1.807, 2.05) is 12.1 Å². The SMILES string of the molecule is CS(=O)(=O)c1cccc(Cl)c1Cc1ccccc1C(=O)c1conc1C1CC1. The first-order valence-corrected chi connectivity index (χ1v) is 11.2. The van der Waals surface area contributed by atoms with Gasteiger partial charge in [0.2, 0.25) is 0 Å². The molecule has 0 N–H and O–H groups in total. The van der Waals surface area contributed by atoms with Gasteiger partial charge < -0.3 is 4.52 Å². The minimum atomic E-state index is -3.46. The van der Waals surface area contributed by atoms with Gasteiger partial charge in [0.15, 0.2) is 15.6 Å². The minimum Gasteiger partial charge on any atom is -0.364 e. The Kier molecular flexibility index (Phi) is 4.85. The summed E-state index contributed by atoms with van der Waals surface area (Å²) in [6.45, 7) is 0. The molecule has 0 unspecified atom stereocenters. The van der Waals surface area contributed by atoms with Crippen LogP contribution in [0.2, 0.25) is 5.02 Å². The van der Waals surface area contributed by atoms with Crippen molar-refractivity contribution in [1.82, 2.24) is 5.16 Å². The largest absolute Gasteiger partial charge is 0.364 e. The Morgan fingerprint density at radius 1 is 1.14 bits per heavy atom. The number of carbonyl (C=O) groups is 1. The van der Waals surface area contributed by atoms with Gasteiger partial charge >= 0.3 is 0 Å². The molecule has 1 saturated carbocycles. The molecule has 3 aromatic rings. The zero-order valence-electron chi connectivity index (χ0n) is 15.2. The predicted octanol–water partition coefficient (Wildman–Crippen LogP) is 4.43. The Balaban J connectivity index is 1.76. The number of nitrogens with zero attached hydrogens (tertiary/aromatic N) is 1. The molecule has 0 spiro atoms. The van der Waals surface area contributed by atoms with Crippen LogP contribution in [0.1, 0.15) is 51.5 Å². The average Bonchev–Trinajstić information content (AvgIpc) is 3.39. The number of halogens is 1. The smallest absolute Gasteiger partial charge is 0.198 e. The molecular formula is C21H18ClNO4S. The summed E-state index contributed by atoms with van der Waals surface area (Å²) in [6, 6.07) is 11.9. The van der Waals surface area contributed by atoms with Crippen LogP contribution in [0, 0.1) is 0 Å². The van der Waals surface area contributed by atoms with Gasteiger partial charge in [0, 0.05) is 29.2 Å². The molecule has 0 saturated heterocycles. The normalized spacial score (nSPS) is 14.2. The lowest BCUT2D eigenvalue weighted by molar-refractivity contribution is 0.103. The van der Waals surface area contributed by atoms with E-state index in [0.717, 1.165) is 19.1 Å². The molecule has 5 nitrogen and oxygen atoms in total. The van der Waals surface area contributed by atoms with Crippen molar-refractivity contribution < 1.29 is 17.7 Å². The van der Waals surface area contributed by atoms with E-state index in [4.69, 9.17) is 16.1 Å². The topological polar surface area (TPSA) is 77.2 Å². The molecule has 1 fully saturated rings. The highest BCUT2D eigenvalue weighted by atomic mass is 35.5. The highest BCUT2D eigenvalue weighted by molar-refractivity contribution is 7.90. The fraction of sp³-hybridized carbons (Fsp3) is 0.238. The zero-order chi connectivity index (χ0) is 19.9. The maximum Gasteiger partial charge on any atom is 0.198 e. The van der Waals surface area contributed by atoms with Crippen LogP contribution in [0.5, 0.6) is 0 Å². The lowest BCUT2D eigenvalue weighted by Gasteiger charge is -2.13. The Hall–Kier alpha value is -2.44. The van der Waals surface area contributed by atoms with Crippen LogP contribution in [0.3, 0.4) is 0 Å². The van der Waals surface area contributed by atoms with Gasteiger partial charge in [-0.1, -0.05) is 47.1 Å². The van der Waals surface area contributed by atoms with Gasteiger partial charge in [-0.2, -0.15) is 0 Å². The molecule has 1 aliphatic carbocycles. The van der Waals surface area contributed by atoms with Gasteiger partial charge in [-0.05, 0) is 36.1 Å². The molecular weight excluding hydrogens is 398 g/mol. The standard InChI is InChI=1S/C21H18ClNO4S/c1-28(25,26)19-8-4-7-18(22)16(19)11-14-5-2-3-6-15(14)21(24)17-12-27-23-20(17)13-9-10-13/h2-8,12-13H,9-11H2,1H3. The van der Waals surface area contributed by atoms with Gasteiger partial charge in [-0.15, -0.1) is 0 Å². The molecule has 4 rings (SSSR count). The molecule has 0 amide bonds. The second kappa shape index (κ2) is 7.18. The number of ketones is 1. The van der Waals surface area contributed by atoms with Crippen LogP contribution in [0.4, 0.5) is 0 Å². The quantitative estimate of drug-likeness (QED) is 0.556. The van der Waals surface area contributed by atoms with Gasteiger partial charge in [0.1, 0.15) is 6.26 Å². The van der Waals surface area contributed by atoms with E-state index >= 15 is 0 Å². The average molecular weight is 416 g/mol. The van der Waals surface area contributed by atoms with Crippen LogP contribution < -0.4 is 0 Å². The number of carbonyl (C=O) groups excluding carboxylic acids is 1. The number of hydrogen-bond acceptors (Lipinski definition) is 5. The molecule has 1 aliphatic rings. The summed E-state index contributed by atoms with van der Waals surface area (Å²) in [5.74, 6) is 0.108. The first kappa shape index (κ1) is 18.9. The van der Waals surface area contributed by atoms with Gasteiger partial charge in [-0.3, -0.25) is 4.79 Å². The number of hydrogen-bond donors (Lipinski definition) is 0. The summed E-state index contributed by atoms with van der Waals surface area (Å²) in [5.41, 5.74) is 2.85. The molecule has 1 aromatic heterocycles. The zero-order valence-corrected chi connectivity index (χ0v) is 16.8. The summed E-state index contributed by atoms with van der Waals surface area (Å²) in [5, 5.41) is 4.36. The van der Waals surface area contributed by atoms with Gasteiger partial charge in [-0.25, -0.2) is 8.42 Å². The number of benzene rings is 2. The third-order valence-electron chi connectivity index (χ3n) is 4.91. The monoisotopic (exact) mass is 415 g/mol.